The average Bonchev–Trinajstić information content (AvgIpc) is 2.92. The maximum atomic E-state index is 5.33. The van der Waals surface area contributed by atoms with E-state index in [1.807, 2.05) is 19.1 Å². The Morgan fingerprint density at radius 3 is 2.45 bits per heavy atom. The lowest BCUT2D eigenvalue weighted by molar-refractivity contribution is 0.517. The van der Waals surface area contributed by atoms with Crippen molar-refractivity contribution in [3.05, 3.63) is 35.5 Å². The van der Waals surface area contributed by atoms with E-state index in [0.717, 1.165) is 35.3 Å². The van der Waals surface area contributed by atoms with E-state index >= 15 is 0 Å². The van der Waals surface area contributed by atoms with Gasteiger partial charge in [-0.15, -0.1) is 0 Å². The molecule has 2 rings (SSSR count). The van der Waals surface area contributed by atoms with Gasteiger partial charge in [-0.05, 0) is 26.0 Å². The van der Waals surface area contributed by atoms with Gasteiger partial charge in [0.1, 0.15) is 23.2 Å². The molecule has 2 N–H and O–H groups in total. The molecule has 5 heteroatoms. The Labute approximate surface area is 119 Å². The minimum Gasteiger partial charge on any atom is -0.467 e. The van der Waals surface area contributed by atoms with Crippen LogP contribution in [0.1, 0.15) is 43.8 Å². The first-order valence-corrected chi connectivity index (χ1v) is 7.00. The van der Waals surface area contributed by atoms with Crippen LogP contribution in [0.3, 0.4) is 0 Å². The predicted molar refractivity (Wildman–Crippen MR) is 81.1 cm³/mol. The fourth-order valence-corrected chi connectivity index (χ4v) is 1.89. The van der Waals surface area contributed by atoms with Crippen LogP contribution in [-0.2, 0) is 6.54 Å². The van der Waals surface area contributed by atoms with Gasteiger partial charge in [-0.25, -0.2) is 9.97 Å². The average molecular weight is 274 g/mol. The molecule has 0 spiro atoms. The minimum atomic E-state index is 0.289. The summed E-state index contributed by atoms with van der Waals surface area (Å²) in [7, 11) is 0. The third kappa shape index (κ3) is 3.29. The monoisotopic (exact) mass is 274 g/mol. The van der Waals surface area contributed by atoms with Crippen LogP contribution in [0.4, 0.5) is 11.6 Å². The number of anilines is 2. The molecule has 0 unspecified atom stereocenters. The predicted octanol–water partition coefficient (Wildman–Crippen LogP) is 3.55. The number of hydrogen-bond acceptors (Lipinski definition) is 5. The Balaban J connectivity index is 2.25. The Morgan fingerprint density at radius 1 is 1.20 bits per heavy atom. The quantitative estimate of drug-likeness (QED) is 0.843. The molecular weight excluding hydrogens is 252 g/mol. The molecule has 0 saturated carbocycles. The fourth-order valence-electron chi connectivity index (χ4n) is 1.89. The summed E-state index contributed by atoms with van der Waals surface area (Å²) in [6.45, 7) is 9.73. The van der Waals surface area contributed by atoms with Gasteiger partial charge in [0.15, 0.2) is 0 Å². The van der Waals surface area contributed by atoms with Crippen molar-refractivity contribution in [3.8, 4) is 0 Å². The van der Waals surface area contributed by atoms with E-state index < -0.39 is 0 Å². The third-order valence-corrected chi connectivity index (χ3v) is 3.03. The number of nitrogens with zero attached hydrogens (tertiary/aromatic N) is 2. The lowest BCUT2D eigenvalue weighted by Crippen LogP contribution is -2.11. The molecule has 2 aromatic rings. The number of rotatable bonds is 6. The van der Waals surface area contributed by atoms with Crippen LogP contribution in [0.5, 0.6) is 0 Å². The van der Waals surface area contributed by atoms with E-state index in [1.54, 1.807) is 6.26 Å². The van der Waals surface area contributed by atoms with Crippen molar-refractivity contribution in [1.82, 2.24) is 9.97 Å². The van der Waals surface area contributed by atoms with Gasteiger partial charge in [0.05, 0.1) is 12.8 Å². The standard InChI is InChI=1S/C15H22N4O/c1-5-16-14-11(4)15(19-13(18-14)10(2)3)17-9-12-7-6-8-20-12/h6-8,10H,5,9H2,1-4H3,(H2,16,17,18,19). The maximum absolute atomic E-state index is 5.33. The third-order valence-electron chi connectivity index (χ3n) is 3.03. The van der Waals surface area contributed by atoms with Gasteiger partial charge in [0.2, 0.25) is 0 Å². The lowest BCUT2D eigenvalue weighted by Gasteiger charge is -2.15. The number of hydrogen-bond donors (Lipinski definition) is 2. The molecule has 0 amide bonds. The molecular formula is C15H22N4O. The molecule has 0 fully saturated rings. The summed E-state index contributed by atoms with van der Waals surface area (Å²) in [4.78, 5) is 9.19. The van der Waals surface area contributed by atoms with Crippen LogP contribution < -0.4 is 10.6 Å². The molecule has 0 aliphatic heterocycles. The molecule has 2 aromatic heterocycles. The van der Waals surface area contributed by atoms with Crippen LogP contribution in [0.2, 0.25) is 0 Å². The summed E-state index contributed by atoms with van der Waals surface area (Å²) in [5.74, 6) is 3.77. The second-order valence-corrected chi connectivity index (χ2v) is 5.02. The van der Waals surface area contributed by atoms with Crippen molar-refractivity contribution >= 4 is 11.6 Å². The van der Waals surface area contributed by atoms with Gasteiger partial charge in [0.25, 0.3) is 0 Å². The van der Waals surface area contributed by atoms with Crippen molar-refractivity contribution in [1.29, 1.82) is 0 Å². The lowest BCUT2D eigenvalue weighted by atomic mass is 10.2. The Bertz CT molecular complexity index is 549. The number of nitrogens with one attached hydrogen (secondary N) is 2. The number of aromatic nitrogens is 2. The zero-order valence-electron chi connectivity index (χ0n) is 12.5. The van der Waals surface area contributed by atoms with Crippen LogP contribution in [0, 0.1) is 6.92 Å². The van der Waals surface area contributed by atoms with Gasteiger partial charge in [-0.1, -0.05) is 13.8 Å². The van der Waals surface area contributed by atoms with Crippen LogP contribution in [-0.4, -0.2) is 16.5 Å². The smallest absolute Gasteiger partial charge is 0.135 e. The van der Waals surface area contributed by atoms with Crippen molar-refractivity contribution < 1.29 is 4.42 Å². The summed E-state index contributed by atoms with van der Waals surface area (Å²) in [5.41, 5.74) is 1.03. The molecule has 0 saturated heterocycles. The molecule has 0 aromatic carbocycles. The van der Waals surface area contributed by atoms with E-state index in [1.165, 1.54) is 0 Å². The highest BCUT2D eigenvalue weighted by molar-refractivity contribution is 5.57. The SMILES string of the molecule is CCNc1nc(C(C)C)nc(NCc2ccco2)c1C. The molecule has 5 nitrogen and oxygen atoms in total. The molecule has 0 aliphatic rings. The van der Waals surface area contributed by atoms with E-state index in [2.05, 4.69) is 41.4 Å². The highest BCUT2D eigenvalue weighted by Gasteiger charge is 2.12. The summed E-state index contributed by atoms with van der Waals surface area (Å²) < 4.78 is 5.33. The zero-order chi connectivity index (χ0) is 14.5. The van der Waals surface area contributed by atoms with Crippen LogP contribution in [0.15, 0.2) is 22.8 Å². The second-order valence-electron chi connectivity index (χ2n) is 5.02. The van der Waals surface area contributed by atoms with Crippen LogP contribution in [0.25, 0.3) is 0 Å². The topological polar surface area (TPSA) is 63.0 Å². The van der Waals surface area contributed by atoms with Crippen LogP contribution >= 0.6 is 0 Å². The van der Waals surface area contributed by atoms with Gasteiger partial charge in [0, 0.05) is 18.0 Å². The van der Waals surface area contributed by atoms with E-state index in [9.17, 15) is 0 Å². The summed E-state index contributed by atoms with van der Waals surface area (Å²) in [6.07, 6.45) is 1.67. The molecule has 2 heterocycles. The molecule has 0 atom stereocenters. The van der Waals surface area contributed by atoms with Gasteiger partial charge >= 0.3 is 0 Å². The van der Waals surface area contributed by atoms with Crippen molar-refractivity contribution in [2.24, 2.45) is 0 Å². The van der Waals surface area contributed by atoms with E-state index in [4.69, 9.17) is 4.42 Å². The van der Waals surface area contributed by atoms with Gasteiger partial charge < -0.3 is 15.1 Å². The first kappa shape index (κ1) is 14.4. The van der Waals surface area contributed by atoms with Gasteiger partial charge in [-0.2, -0.15) is 0 Å². The van der Waals surface area contributed by atoms with Crippen molar-refractivity contribution in [3.63, 3.8) is 0 Å². The maximum Gasteiger partial charge on any atom is 0.135 e. The highest BCUT2D eigenvalue weighted by atomic mass is 16.3. The van der Waals surface area contributed by atoms with E-state index in [0.29, 0.717) is 6.54 Å². The highest BCUT2D eigenvalue weighted by Crippen LogP contribution is 2.23. The summed E-state index contributed by atoms with van der Waals surface area (Å²) in [5, 5.41) is 6.61. The fraction of sp³-hybridized carbons (Fsp3) is 0.467. The Kier molecular flexibility index (Phi) is 4.61. The largest absolute Gasteiger partial charge is 0.467 e. The zero-order valence-corrected chi connectivity index (χ0v) is 12.5. The van der Waals surface area contributed by atoms with Gasteiger partial charge in [-0.3, -0.25) is 0 Å². The summed E-state index contributed by atoms with van der Waals surface area (Å²) >= 11 is 0. The Hall–Kier alpha value is -2.04. The Morgan fingerprint density at radius 2 is 1.90 bits per heavy atom. The molecule has 0 bridgehead atoms. The van der Waals surface area contributed by atoms with E-state index in [-0.39, 0.29) is 5.92 Å². The van der Waals surface area contributed by atoms with Crippen molar-refractivity contribution in [2.45, 2.75) is 40.2 Å². The van der Waals surface area contributed by atoms with Crippen molar-refractivity contribution in [2.75, 3.05) is 17.2 Å². The molecule has 20 heavy (non-hydrogen) atoms. The minimum absolute atomic E-state index is 0.289. The number of furan rings is 1. The molecule has 0 aliphatic carbocycles. The summed E-state index contributed by atoms with van der Waals surface area (Å²) in [6, 6.07) is 3.82. The molecule has 0 radical (unpaired) electrons. The first-order valence-electron chi connectivity index (χ1n) is 7.00. The second kappa shape index (κ2) is 6.41. The molecule has 108 valence electrons. The normalized spacial score (nSPS) is 10.8. The first-order chi connectivity index (χ1) is 9.61.